The first-order valence-electron chi connectivity index (χ1n) is 5.91. The zero-order valence-corrected chi connectivity index (χ0v) is 10.9. The number of nitrogens with zero attached hydrogens (tertiary/aromatic N) is 1. The van der Waals surface area contributed by atoms with Gasteiger partial charge < -0.3 is 5.73 Å². The second-order valence-electron chi connectivity index (χ2n) is 5.06. The molecule has 94 valence electrons. The Balaban J connectivity index is 2.43. The monoisotopic (exact) mass is 244 g/mol. The van der Waals surface area contributed by atoms with Crippen LogP contribution >= 0.6 is 0 Å². The highest BCUT2D eigenvalue weighted by atomic mass is 19.1. The molecule has 0 amide bonds. The molecule has 0 unspecified atom stereocenters. The van der Waals surface area contributed by atoms with Crippen molar-refractivity contribution in [3.05, 3.63) is 53.5 Å². The molecule has 2 nitrogen and oxygen atoms in total. The Bertz CT molecular complexity index is 554. The van der Waals surface area contributed by atoms with Gasteiger partial charge in [-0.15, -0.1) is 0 Å². The third-order valence-corrected chi connectivity index (χ3v) is 2.92. The van der Waals surface area contributed by atoms with E-state index in [0.717, 1.165) is 22.5 Å². The topological polar surface area (TPSA) is 38.9 Å². The van der Waals surface area contributed by atoms with Crippen molar-refractivity contribution in [3.8, 4) is 11.3 Å². The van der Waals surface area contributed by atoms with Crippen molar-refractivity contribution >= 4 is 0 Å². The molecule has 2 rings (SSSR count). The fraction of sp³-hybridized carbons (Fsp3) is 0.267. The van der Waals surface area contributed by atoms with Gasteiger partial charge >= 0.3 is 0 Å². The van der Waals surface area contributed by atoms with Gasteiger partial charge in [-0.1, -0.05) is 6.07 Å². The number of hydrogen-bond donors (Lipinski definition) is 1. The smallest absolute Gasteiger partial charge is 0.123 e. The van der Waals surface area contributed by atoms with E-state index in [-0.39, 0.29) is 5.82 Å². The van der Waals surface area contributed by atoms with E-state index >= 15 is 0 Å². The van der Waals surface area contributed by atoms with Gasteiger partial charge in [0.2, 0.25) is 0 Å². The van der Waals surface area contributed by atoms with E-state index in [1.54, 1.807) is 12.1 Å². The Hall–Kier alpha value is -1.74. The van der Waals surface area contributed by atoms with Crippen molar-refractivity contribution in [2.75, 3.05) is 0 Å². The minimum Gasteiger partial charge on any atom is -0.322 e. The maximum atomic E-state index is 12.9. The molecule has 0 fully saturated rings. The van der Waals surface area contributed by atoms with E-state index in [1.807, 2.05) is 32.9 Å². The number of hydrogen-bond acceptors (Lipinski definition) is 2. The van der Waals surface area contributed by atoms with Gasteiger partial charge in [0.05, 0.1) is 5.69 Å². The molecule has 3 heteroatoms. The fourth-order valence-electron chi connectivity index (χ4n) is 2.02. The van der Waals surface area contributed by atoms with Crippen LogP contribution in [0.3, 0.4) is 0 Å². The Morgan fingerprint density at radius 2 is 1.67 bits per heavy atom. The van der Waals surface area contributed by atoms with Gasteiger partial charge in [-0.3, -0.25) is 4.98 Å². The van der Waals surface area contributed by atoms with E-state index in [9.17, 15) is 4.39 Å². The minimum atomic E-state index is -0.404. The molecule has 1 aromatic carbocycles. The van der Waals surface area contributed by atoms with Gasteiger partial charge in [0.15, 0.2) is 0 Å². The average Bonchev–Trinajstić information content (AvgIpc) is 2.28. The molecule has 0 aliphatic carbocycles. The molecule has 2 N–H and O–H groups in total. The number of aryl methyl sites for hydroxylation is 1. The second kappa shape index (κ2) is 4.50. The summed E-state index contributed by atoms with van der Waals surface area (Å²) in [7, 11) is 0. The predicted molar refractivity (Wildman–Crippen MR) is 71.6 cm³/mol. The Labute approximate surface area is 107 Å². The number of rotatable bonds is 2. The molecular weight excluding hydrogens is 227 g/mol. The van der Waals surface area contributed by atoms with E-state index in [0.29, 0.717) is 0 Å². The van der Waals surface area contributed by atoms with Crippen molar-refractivity contribution < 1.29 is 4.39 Å². The van der Waals surface area contributed by atoms with E-state index in [2.05, 4.69) is 4.98 Å². The minimum absolute atomic E-state index is 0.241. The summed E-state index contributed by atoms with van der Waals surface area (Å²) in [5.74, 6) is -0.241. The Morgan fingerprint density at radius 3 is 2.17 bits per heavy atom. The van der Waals surface area contributed by atoms with Gasteiger partial charge in [0.1, 0.15) is 5.82 Å². The zero-order chi connectivity index (χ0) is 13.3. The van der Waals surface area contributed by atoms with E-state index < -0.39 is 5.54 Å². The standard InChI is InChI=1S/C15H17FN2/c1-10-13(15(2,3)17)8-9-14(18-10)11-4-6-12(16)7-5-11/h4-9H,17H2,1-3H3. The molecular formula is C15H17FN2. The summed E-state index contributed by atoms with van der Waals surface area (Å²) in [6.07, 6.45) is 0. The molecule has 0 saturated carbocycles. The van der Waals surface area contributed by atoms with Crippen molar-refractivity contribution in [2.45, 2.75) is 26.3 Å². The van der Waals surface area contributed by atoms with Crippen LogP contribution in [-0.4, -0.2) is 4.98 Å². The molecule has 0 atom stereocenters. The van der Waals surface area contributed by atoms with Gasteiger partial charge in [-0.2, -0.15) is 0 Å². The summed E-state index contributed by atoms with van der Waals surface area (Å²) in [5, 5.41) is 0. The molecule has 0 radical (unpaired) electrons. The van der Waals surface area contributed by atoms with Crippen LogP contribution in [0, 0.1) is 12.7 Å². The van der Waals surface area contributed by atoms with E-state index in [4.69, 9.17) is 5.73 Å². The number of benzene rings is 1. The lowest BCUT2D eigenvalue weighted by Gasteiger charge is -2.21. The summed E-state index contributed by atoms with van der Waals surface area (Å²) in [4.78, 5) is 4.54. The predicted octanol–water partition coefficient (Wildman–Crippen LogP) is 3.39. The summed E-state index contributed by atoms with van der Waals surface area (Å²) in [6.45, 7) is 5.85. The zero-order valence-electron chi connectivity index (χ0n) is 10.9. The van der Waals surface area contributed by atoms with Gasteiger partial charge in [-0.25, -0.2) is 4.39 Å². The highest BCUT2D eigenvalue weighted by Crippen LogP contribution is 2.24. The van der Waals surface area contributed by atoms with E-state index in [1.165, 1.54) is 12.1 Å². The lowest BCUT2D eigenvalue weighted by atomic mass is 9.93. The molecule has 1 aromatic heterocycles. The SMILES string of the molecule is Cc1nc(-c2ccc(F)cc2)ccc1C(C)(C)N. The largest absolute Gasteiger partial charge is 0.322 e. The maximum absolute atomic E-state index is 12.9. The van der Waals surface area contributed by atoms with Gasteiger partial charge in [-0.05, 0) is 56.7 Å². The number of nitrogens with two attached hydrogens (primary N) is 1. The van der Waals surface area contributed by atoms with Crippen LogP contribution in [0.1, 0.15) is 25.1 Å². The number of halogens is 1. The van der Waals surface area contributed by atoms with Crippen LogP contribution in [-0.2, 0) is 5.54 Å². The third kappa shape index (κ3) is 2.57. The van der Waals surface area contributed by atoms with Crippen molar-refractivity contribution in [1.29, 1.82) is 0 Å². The highest BCUT2D eigenvalue weighted by Gasteiger charge is 2.17. The first-order valence-corrected chi connectivity index (χ1v) is 5.91. The highest BCUT2D eigenvalue weighted by molar-refractivity contribution is 5.59. The normalized spacial score (nSPS) is 11.6. The van der Waals surface area contributed by atoms with Crippen LogP contribution in [0.4, 0.5) is 4.39 Å². The first kappa shape index (κ1) is 12.7. The molecule has 0 aliphatic heterocycles. The summed E-state index contributed by atoms with van der Waals surface area (Å²) < 4.78 is 12.9. The van der Waals surface area contributed by atoms with Gasteiger partial charge in [0.25, 0.3) is 0 Å². The third-order valence-electron chi connectivity index (χ3n) is 2.92. The summed E-state index contributed by atoms with van der Waals surface area (Å²) in [5.41, 5.74) is 9.34. The number of pyridine rings is 1. The molecule has 18 heavy (non-hydrogen) atoms. The number of aromatic nitrogens is 1. The molecule has 1 heterocycles. The average molecular weight is 244 g/mol. The second-order valence-corrected chi connectivity index (χ2v) is 5.06. The van der Waals surface area contributed by atoms with Crippen LogP contribution < -0.4 is 5.73 Å². The van der Waals surface area contributed by atoms with Crippen LogP contribution in [0.25, 0.3) is 11.3 Å². The molecule has 0 spiro atoms. The quantitative estimate of drug-likeness (QED) is 0.879. The van der Waals surface area contributed by atoms with Crippen LogP contribution in [0.2, 0.25) is 0 Å². The van der Waals surface area contributed by atoms with Crippen LogP contribution in [0.5, 0.6) is 0 Å². The Morgan fingerprint density at radius 1 is 1.06 bits per heavy atom. The van der Waals surface area contributed by atoms with Gasteiger partial charge in [0, 0.05) is 16.8 Å². The lowest BCUT2D eigenvalue weighted by Crippen LogP contribution is -2.29. The molecule has 0 bridgehead atoms. The van der Waals surface area contributed by atoms with Crippen molar-refractivity contribution in [2.24, 2.45) is 5.73 Å². The van der Waals surface area contributed by atoms with Crippen LogP contribution in [0.15, 0.2) is 36.4 Å². The first-order chi connectivity index (χ1) is 8.38. The fourth-order valence-corrected chi connectivity index (χ4v) is 2.02. The Kier molecular flexibility index (Phi) is 3.18. The van der Waals surface area contributed by atoms with Crippen molar-refractivity contribution in [1.82, 2.24) is 4.98 Å². The summed E-state index contributed by atoms with van der Waals surface area (Å²) in [6, 6.07) is 10.2. The molecule has 0 aliphatic rings. The van der Waals surface area contributed by atoms with Crippen molar-refractivity contribution in [3.63, 3.8) is 0 Å². The molecule has 2 aromatic rings. The lowest BCUT2D eigenvalue weighted by molar-refractivity contribution is 0.548. The maximum Gasteiger partial charge on any atom is 0.123 e. The summed E-state index contributed by atoms with van der Waals surface area (Å²) >= 11 is 0. The molecule has 0 saturated heterocycles.